The molecule has 0 heterocycles. The second-order valence-electron chi connectivity index (χ2n) is 4.51. The van der Waals surface area contributed by atoms with E-state index >= 15 is 0 Å². The number of ether oxygens (including phenoxy) is 1. The van der Waals surface area contributed by atoms with Gasteiger partial charge in [0.15, 0.2) is 0 Å². The number of nitrogens with two attached hydrogens (primary N) is 1. The van der Waals surface area contributed by atoms with Crippen molar-refractivity contribution < 1.29 is 13.2 Å². The van der Waals surface area contributed by atoms with Crippen molar-refractivity contribution in [1.29, 1.82) is 0 Å². The molecule has 0 aliphatic carbocycles. The number of hydrogen-bond acceptors (Lipinski definition) is 4. The van der Waals surface area contributed by atoms with Crippen LogP contribution in [0.15, 0.2) is 24.3 Å². The molecule has 0 saturated heterocycles. The van der Waals surface area contributed by atoms with Gasteiger partial charge in [0.1, 0.15) is 4.99 Å². The van der Waals surface area contributed by atoms with Crippen LogP contribution in [-0.4, -0.2) is 44.0 Å². The van der Waals surface area contributed by atoms with Gasteiger partial charge in [0.2, 0.25) is 10.0 Å². The molecule has 0 bridgehead atoms. The Balaban J connectivity index is 2.82. The number of sulfonamides is 1. The molecule has 0 fully saturated rings. The highest BCUT2D eigenvalue weighted by Crippen LogP contribution is 2.13. The molecule has 0 unspecified atom stereocenters. The summed E-state index contributed by atoms with van der Waals surface area (Å²) >= 11 is 4.91. The third-order valence-corrected chi connectivity index (χ3v) is 5.16. The summed E-state index contributed by atoms with van der Waals surface area (Å²) < 4.78 is 31.5. The standard InChI is InChI=1S/C14H22N2O3S2/c1-3-16(8-9-19-4-2)21(17,18)11-12-6-5-7-13(10-12)14(15)20/h5-7,10H,3-4,8-9,11H2,1-2H3,(H2,15,20). The molecule has 1 aromatic rings. The molecule has 118 valence electrons. The number of rotatable bonds is 9. The predicted octanol–water partition coefficient (Wildman–Crippen LogP) is 1.51. The molecule has 0 amide bonds. The third kappa shape index (κ3) is 5.70. The molecule has 0 atom stereocenters. The molecule has 0 spiro atoms. The third-order valence-electron chi connectivity index (χ3n) is 3.00. The molecule has 0 saturated carbocycles. The first-order valence-corrected chi connectivity index (χ1v) is 8.86. The summed E-state index contributed by atoms with van der Waals surface area (Å²) in [7, 11) is -3.38. The summed E-state index contributed by atoms with van der Waals surface area (Å²) in [5.41, 5.74) is 6.92. The summed E-state index contributed by atoms with van der Waals surface area (Å²) in [6.07, 6.45) is 0. The first kappa shape index (κ1) is 18.0. The van der Waals surface area contributed by atoms with E-state index in [4.69, 9.17) is 22.7 Å². The Labute approximate surface area is 132 Å². The van der Waals surface area contributed by atoms with Crippen molar-refractivity contribution in [3.05, 3.63) is 35.4 Å². The first-order valence-electron chi connectivity index (χ1n) is 6.85. The predicted molar refractivity (Wildman–Crippen MR) is 88.7 cm³/mol. The molecule has 2 N–H and O–H groups in total. The molecule has 1 aromatic carbocycles. The molecule has 5 nitrogen and oxygen atoms in total. The first-order chi connectivity index (χ1) is 9.90. The fourth-order valence-electron chi connectivity index (χ4n) is 1.92. The summed E-state index contributed by atoms with van der Waals surface area (Å²) in [5, 5.41) is 0. The van der Waals surface area contributed by atoms with E-state index in [1.54, 1.807) is 24.3 Å². The normalized spacial score (nSPS) is 11.8. The van der Waals surface area contributed by atoms with Gasteiger partial charge in [0.25, 0.3) is 0 Å². The minimum absolute atomic E-state index is 0.0661. The van der Waals surface area contributed by atoms with E-state index in [1.165, 1.54) is 4.31 Å². The van der Waals surface area contributed by atoms with Crippen molar-refractivity contribution in [1.82, 2.24) is 4.31 Å². The number of benzene rings is 1. The van der Waals surface area contributed by atoms with Crippen molar-refractivity contribution in [3.8, 4) is 0 Å². The monoisotopic (exact) mass is 330 g/mol. The molecule has 1 rings (SSSR count). The topological polar surface area (TPSA) is 72.6 Å². The van der Waals surface area contributed by atoms with Crippen molar-refractivity contribution in [3.63, 3.8) is 0 Å². The van der Waals surface area contributed by atoms with Gasteiger partial charge in [-0.05, 0) is 18.6 Å². The minimum Gasteiger partial charge on any atom is -0.389 e. The second-order valence-corrected chi connectivity index (χ2v) is 6.92. The van der Waals surface area contributed by atoms with Crippen LogP contribution in [0.2, 0.25) is 0 Å². The Kier molecular flexibility index (Phi) is 7.24. The molecule has 0 radical (unpaired) electrons. The lowest BCUT2D eigenvalue weighted by atomic mass is 10.1. The lowest BCUT2D eigenvalue weighted by Crippen LogP contribution is -2.34. The van der Waals surface area contributed by atoms with Gasteiger partial charge in [-0.2, -0.15) is 4.31 Å². The van der Waals surface area contributed by atoms with Gasteiger partial charge < -0.3 is 10.5 Å². The summed E-state index contributed by atoms with van der Waals surface area (Å²) in [5.74, 6) is -0.0661. The summed E-state index contributed by atoms with van der Waals surface area (Å²) in [6, 6.07) is 7.01. The van der Waals surface area contributed by atoms with E-state index in [0.717, 1.165) is 0 Å². The Hall–Kier alpha value is -1.02. The van der Waals surface area contributed by atoms with Gasteiger partial charge >= 0.3 is 0 Å². The Morgan fingerprint density at radius 3 is 2.67 bits per heavy atom. The average molecular weight is 330 g/mol. The molecule has 0 aliphatic heterocycles. The van der Waals surface area contributed by atoms with Crippen LogP contribution < -0.4 is 5.73 Å². The zero-order valence-electron chi connectivity index (χ0n) is 12.4. The lowest BCUT2D eigenvalue weighted by molar-refractivity contribution is 0.135. The van der Waals surface area contributed by atoms with Gasteiger partial charge in [0, 0.05) is 25.3 Å². The van der Waals surface area contributed by atoms with Crippen LogP contribution >= 0.6 is 12.2 Å². The van der Waals surface area contributed by atoms with Gasteiger partial charge in [-0.3, -0.25) is 0 Å². The van der Waals surface area contributed by atoms with E-state index in [0.29, 0.717) is 37.4 Å². The maximum atomic E-state index is 12.4. The maximum absolute atomic E-state index is 12.4. The van der Waals surface area contributed by atoms with Crippen molar-refractivity contribution >= 4 is 27.2 Å². The van der Waals surface area contributed by atoms with Gasteiger partial charge in [0.05, 0.1) is 12.4 Å². The quantitative estimate of drug-likeness (QED) is 0.549. The Morgan fingerprint density at radius 2 is 2.10 bits per heavy atom. The fourth-order valence-corrected chi connectivity index (χ4v) is 3.58. The highest BCUT2D eigenvalue weighted by atomic mass is 32.2. The number of likely N-dealkylation sites (N-methyl/N-ethyl adjacent to an activating group) is 1. The smallest absolute Gasteiger partial charge is 0.218 e. The van der Waals surface area contributed by atoms with Crippen molar-refractivity contribution in [2.45, 2.75) is 19.6 Å². The van der Waals surface area contributed by atoms with Crippen LogP contribution in [0.25, 0.3) is 0 Å². The van der Waals surface area contributed by atoms with Gasteiger partial charge in [-0.15, -0.1) is 0 Å². The van der Waals surface area contributed by atoms with E-state index in [-0.39, 0.29) is 10.7 Å². The molecule has 0 aromatic heterocycles. The highest BCUT2D eigenvalue weighted by molar-refractivity contribution is 7.88. The van der Waals surface area contributed by atoms with Crippen LogP contribution in [0.1, 0.15) is 25.0 Å². The number of nitrogens with zero attached hydrogens (tertiary/aromatic N) is 1. The SMILES string of the molecule is CCOCCN(CC)S(=O)(=O)Cc1cccc(C(N)=S)c1. The molecule has 0 aliphatic rings. The summed E-state index contributed by atoms with van der Waals surface area (Å²) in [6.45, 7) is 5.46. The number of hydrogen-bond donors (Lipinski definition) is 1. The van der Waals surface area contributed by atoms with Crippen LogP contribution in [0.4, 0.5) is 0 Å². The van der Waals surface area contributed by atoms with E-state index in [9.17, 15) is 8.42 Å². The van der Waals surface area contributed by atoms with E-state index in [1.807, 2.05) is 13.8 Å². The zero-order valence-corrected chi connectivity index (χ0v) is 14.0. The zero-order chi connectivity index (χ0) is 15.9. The Bertz CT molecular complexity index is 573. The average Bonchev–Trinajstić information content (AvgIpc) is 2.43. The van der Waals surface area contributed by atoms with Gasteiger partial charge in [-0.25, -0.2) is 8.42 Å². The molecule has 21 heavy (non-hydrogen) atoms. The largest absolute Gasteiger partial charge is 0.389 e. The maximum Gasteiger partial charge on any atom is 0.218 e. The van der Waals surface area contributed by atoms with Gasteiger partial charge in [-0.1, -0.05) is 37.3 Å². The molecular formula is C14H22N2O3S2. The van der Waals surface area contributed by atoms with Crippen molar-refractivity contribution in [2.75, 3.05) is 26.3 Å². The van der Waals surface area contributed by atoms with Crippen molar-refractivity contribution in [2.24, 2.45) is 5.73 Å². The van der Waals surface area contributed by atoms with E-state index in [2.05, 4.69) is 0 Å². The van der Waals surface area contributed by atoms with Crippen LogP contribution in [0.5, 0.6) is 0 Å². The molecule has 7 heteroatoms. The van der Waals surface area contributed by atoms with Crippen LogP contribution in [0.3, 0.4) is 0 Å². The lowest BCUT2D eigenvalue weighted by Gasteiger charge is -2.20. The number of thiocarbonyl (C=S) groups is 1. The molecular weight excluding hydrogens is 308 g/mol. The van der Waals surface area contributed by atoms with E-state index < -0.39 is 10.0 Å². The second kappa shape index (κ2) is 8.43. The fraction of sp³-hybridized carbons (Fsp3) is 0.500. The Morgan fingerprint density at radius 1 is 1.38 bits per heavy atom. The summed E-state index contributed by atoms with van der Waals surface area (Å²) in [4.78, 5) is 0.262. The minimum atomic E-state index is -3.38. The van der Waals surface area contributed by atoms with Crippen LogP contribution in [0, 0.1) is 0 Å². The van der Waals surface area contributed by atoms with Crippen LogP contribution in [-0.2, 0) is 20.5 Å². The highest BCUT2D eigenvalue weighted by Gasteiger charge is 2.20.